The topological polar surface area (TPSA) is 44.3 Å². The van der Waals surface area contributed by atoms with E-state index < -0.39 is 0 Å². The van der Waals surface area contributed by atoms with E-state index in [2.05, 4.69) is 17.6 Å². The van der Waals surface area contributed by atoms with Gasteiger partial charge in [-0.2, -0.15) is 0 Å². The number of benzene rings is 1. The summed E-state index contributed by atoms with van der Waals surface area (Å²) in [6, 6.07) is 8.38. The Bertz CT molecular complexity index is 334. The summed E-state index contributed by atoms with van der Waals surface area (Å²) in [6.07, 6.45) is 3.71. The van der Waals surface area contributed by atoms with Crippen molar-refractivity contribution in [1.82, 2.24) is 5.32 Å². The lowest BCUT2D eigenvalue weighted by atomic mass is 10.1. The maximum atomic E-state index is 9.36. The van der Waals surface area contributed by atoms with E-state index in [0.717, 1.165) is 18.7 Å². The van der Waals surface area contributed by atoms with Crippen molar-refractivity contribution in [3.8, 4) is 5.75 Å². The average molecular weight is 220 g/mol. The number of phenols is 1. The molecular weight excluding hydrogens is 200 g/mol. The van der Waals surface area contributed by atoms with Gasteiger partial charge in [0.2, 0.25) is 0 Å². The highest BCUT2D eigenvalue weighted by molar-refractivity contribution is 5.48. The Morgan fingerprint density at radius 3 is 3.12 bits per heavy atom. The molecule has 0 aromatic heterocycles. The molecule has 0 saturated carbocycles. The summed E-state index contributed by atoms with van der Waals surface area (Å²) in [6.45, 7) is 3.34. The van der Waals surface area contributed by atoms with Crippen LogP contribution in [0.15, 0.2) is 24.3 Å². The maximum Gasteiger partial charge on any atom is 0.117 e. The number of rotatable bonds is 4. The zero-order valence-electron chi connectivity index (χ0n) is 9.74. The first-order chi connectivity index (χ1) is 7.74. The summed E-state index contributed by atoms with van der Waals surface area (Å²) in [5.74, 6) is 0.316. The van der Waals surface area contributed by atoms with Crippen LogP contribution in [0.5, 0.6) is 5.75 Å². The maximum absolute atomic E-state index is 9.36. The Morgan fingerprint density at radius 2 is 2.44 bits per heavy atom. The molecule has 1 aromatic carbocycles. The van der Waals surface area contributed by atoms with Gasteiger partial charge in [0.1, 0.15) is 5.75 Å². The van der Waals surface area contributed by atoms with Crippen LogP contribution in [0.4, 0.5) is 5.69 Å². The fourth-order valence-electron chi connectivity index (χ4n) is 2.32. The lowest BCUT2D eigenvalue weighted by molar-refractivity contribution is 0.475. The van der Waals surface area contributed by atoms with Gasteiger partial charge in [-0.15, -0.1) is 0 Å². The molecule has 88 valence electrons. The van der Waals surface area contributed by atoms with Crippen LogP contribution in [-0.2, 0) is 0 Å². The summed E-state index contributed by atoms with van der Waals surface area (Å²) >= 11 is 0. The van der Waals surface area contributed by atoms with Gasteiger partial charge >= 0.3 is 0 Å². The second-order valence-electron chi connectivity index (χ2n) is 4.62. The van der Waals surface area contributed by atoms with Crippen LogP contribution in [-0.4, -0.2) is 23.7 Å². The largest absolute Gasteiger partial charge is 0.508 e. The van der Waals surface area contributed by atoms with Crippen molar-refractivity contribution in [2.24, 2.45) is 0 Å². The van der Waals surface area contributed by atoms with Gasteiger partial charge in [0.05, 0.1) is 0 Å². The Balaban J connectivity index is 1.84. The van der Waals surface area contributed by atoms with E-state index in [1.54, 1.807) is 12.1 Å². The Kier molecular flexibility index (Phi) is 3.67. The molecule has 1 aliphatic rings. The van der Waals surface area contributed by atoms with Crippen molar-refractivity contribution in [3.05, 3.63) is 24.3 Å². The molecule has 3 heteroatoms. The molecule has 1 aliphatic heterocycles. The van der Waals surface area contributed by atoms with E-state index in [1.165, 1.54) is 12.8 Å². The third-order valence-electron chi connectivity index (χ3n) is 3.06. The lowest BCUT2D eigenvalue weighted by Gasteiger charge is -2.19. The summed E-state index contributed by atoms with van der Waals surface area (Å²) in [5.41, 5.74) is 0.991. The number of phenolic OH excluding ortho intramolecular Hbond substituents is 1. The Labute approximate surface area is 96.9 Å². The van der Waals surface area contributed by atoms with Gasteiger partial charge in [-0.05, 0) is 44.9 Å². The van der Waals surface area contributed by atoms with Crippen LogP contribution in [0, 0.1) is 0 Å². The number of aromatic hydroxyl groups is 1. The minimum Gasteiger partial charge on any atom is -0.508 e. The van der Waals surface area contributed by atoms with Gasteiger partial charge in [-0.1, -0.05) is 6.07 Å². The van der Waals surface area contributed by atoms with Gasteiger partial charge < -0.3 is 15.7 Å². The number of hydrogen-bond acceptors (Lipinski definition) is 3. The van der Waals surface area contributed by atoms with Gasteiger partial charge in [0, 0.05) is 23.8 Å². The minimum absolute atomic E-state index is 0.316. The third-order valence-corrected chi connectivity index (χ3v) is 3.06. The highest BCUT2D eigenvalue weighted by atomic mass is 16.3. The normalized spacial score (nSPS) is 21.9. The molecule has 3 nitrogen and oxygen atoms in total. The van der Waals surface area contributed by atoms with E-state index in [4.69, 9.17) is 0 Å². The summed E-state index contributed by atoms with van der Waals surface area (Å²) in [7, 11) is 0. The average Bonchev–Trinajstić information content (AvgIpc) is 2.70. The van der Waals surface area contributed by atoms with Crippen molar-refractivity contribution in [2.45, 2.75) is 38.3 Å². The van der Waals surface area contributed by atoms with Crippen molar-refractivity contribution in [1.29, 1.82) is 0 Å². The van der Waals surface area contributed by atoms with E-state index in [9.17, 15) is 5.11 Å². The quantitative estimate of drug-likeness (QED) is 0.729. The standard InChI is InChI=1S/C13H20N2O/c1-10(8-11-5-3-7-14-11)15-12-4-2-6-13(16)9-12/h2,4,6,9-11,14-16H,3,5,7-8H2,1H3. The van der Waals surface area contributed by atoms with Crippen molar-refractivity contribution in [2.75, 3.05) is 11.9 Å². The SMILES string of the molecule is CC(CC1CCCN1)Nc1cccc(O)c1. The molecule has 1 aromatic rings. The number of anilines is 1. The number of nitrogens with one attached hydrogen (secondary N) is 2. The van der Waals surface area contributed by atoms with E-state index >= 15 is 0 Å². The van der Waals surface area contributed by atoms with Gasteiger partial charge in [-0.3, -0.25) is 0 Å². The second kappa shape index (κ2) is 5.21. The molecule has 0 aliphatic carbocycles. The van der Waals surface area contributed by atoms with Gasteiger partial charge in [0.25, 0.3) is 0 Å². The monoisotopic (exact) mass is 220 g/mol. The van der Waals surface area contributed by atoms with Crippen molar-refractivity contribution in [3.63, 3.8) is 0 Å². The molecule has 1 heterocycles. The fourth-order valence-corrected chi connectivity index (χ4v) is 2.32. The van der Waals surface area contributed by atoms with Crippen molar-refractivity contribution >= 4 is 5.69 Å². The van der Waals surface area contributed by atoms with Gasteiger partial charge in [0.15, 0.2) is 0 Å². The fraction of sp³-hybridized carbons (Fsp3) is 0.538. The van der Waals surface area contributed by atoms with Crippen LogP contribution in [0.3, 0.4) is 0 Å². The van der Waals surface area contributed by atoms with Crippen LogP contribution >= 0.6 is 0 Å². The first kappa shape index (κ1) is 11.3. The Hall–Kier alpha value is -1.22. The molecule has 0 bridgehead atoms. The Morgan fingerprint density at radius 1 is 1.56 bits per heavy atom. The number of hydrogen-bond donors (Lipinski definition) is 3. The molecule has 1 fully saturated rings. The first-order valence-electron chi connectivity index (χ1n) is 6.03. The first-order valence-corrected chi connectivity index (χ1v) is 6.03. The predicted octanol–water partition coefficient (Wildman–Crippen LogP) is 2.33. The molecule has 0 spiro atoms. The van der Waals surface area contributed by atoms with Crippen LogP contribution in [0.25, 0.3) is 0 Å². The summed E-state index contributed by atoms with van der Waals surface area (Å²) in [5, 5.41) is 16.3. The molecule has 3 N–H and O–H groups in total. The molecule has 2 unspecified atom stereocenters. The van der Waals surface area contributed by atoms with Crippen molar-refractivity contribution < 1.29 is 5.11 Å². The molecule has 0 amide bonds. The molecule has 2 rings (SSSR count). The third kappa shape index (κ3) is 3.14. The molecule has 2 atom stereocenters. The highest BCUT2D eigenvalue weighted by Gasteiger charge is 2.16. The minimum atomic E-state index is 0.316. The zero-order chi connectivity index (χ0) is 11.4. The van der Waals surface area contributed by atoms with E-state index in [0.29, 0.717) is 17.8 Å². The summed E-state index contributed by atoms with van der Waals surface area (Å²) < 4.78 is 0. The molecule has 1 saturated heterocycles. The molecular formula is C13H20N2O. The van der Waals surface area contributed by atoms with E-state index in [1.807, 2.05) is 12.1 Å². The summed E-state index contributed by atoms with van der Waals surface area (Å²) in [4.78, 5) is 0. The van der Waals surface area contributed by atoms with Crippen LogP contribution in [0.1, 0.15) is 26.2 Å². The van der Waals surface area contributed by atoms with Crippen LogP contribution in [0.2, 0.25) is 0 Å². The lowest BCUT2D eigenvalue weighted by Crippen LogP contribution is -2.29. The molecule has 0 radical (unpaired) electrons. The van der Waals surface area contributed by atoms with Gasteiger partial charge in [-0.25, -0.2) is 0 Å². The zero-order valence-corrected chi connectivity index (χ0v) is 9.74. The highest BCUT2D eigenvalue weighted by Crippen LogP contribution is 2.18. The van der Waals surface area contributed by atoms with Crippen LogP contribution < -0.4 is 10.6 Å². The second-order valence-corrected chi connectivity index (χ2v) is 4.62. The molecule has 16 heavy (non-hydrogen) atoms. The predicted molar refractivity (Wildman–Crippen MR) is 66.8 cm³/mol. The van der Waals surface area contributed by atoms with E-state index in [-0.39, 0.29) is 0 Å². The smallest absolute Gasteiger partial charge is 0.117 e.